The summed E-state index contributed by atoms with van der Waals surface area (Å²) in [5, 5.41) is 11.6. The highest BCUT2D eigenvalue weighted by Crippen LogP contribution is 2.11. The van der Waals surface area contributed by atoms with Crippen molar-refractivity contribution < 1.29 is 19.4 Å². The molecular formula is C18H35NO4. The second kappa shape index (κ2) is 15.8. The van der Waals surface area contributed by atoms with Crippen molar-refractivity contribution in [1.29, 1.82) is 0 Å². The van der Waals surface area contributed by atoms with Crippen molar-refractivity contribution in [2.24, 2.45) is 0 Å². The third-order valence-electron chi connectivity index (χ3n) is 3.81. The second-order valence-electron chi connectivity index (χ2n) is 6.01. The van der Waals surface area contributed by atoms with Crippen molar-refractivity contribution >= 4 is 11.9 Å². The van der Waals surface area contributed by atoms with Gasteiger partial charge in [-0.05, 0) is 13.3 Å². The monoisotopic (exact) mass is 329 g/mol. The number of esters is 1. The smallest absolute Gasteiger partial charge is 0.356 e. The summed E-state index contributed by atoms with van der Waals surface area (Å²) in [6.07, 6.45) is 12.3. The van der Waals surface area contributed by atoms with Gasteiger partial charge in [-0.15, -0.1) is 0 Å². The van der Waals surface area contributed by atoms with Crippen LogP contribution in [0.1, 0.15) is 90.9 Å². The lowest BCUT2D eigenvalue weighted by atomic mass is 10.1. The maximum absolute atomic E-state index is 11.5. The van der Waals surface area contributed by atoms with Crippen molar-refractivity contribution in [3.8, 4) is 0 Å². The normalized spacial score (nSPS) is 12.0. The number of carbonyl (C=O) groups excluding carboxylic acids is 2. The molecule has 0 aliphatic carbocycles. The van der Waals surface area contributed by atoms with Crippen LogP contribution in [0.25, 0.3) is 0 Å². The SMILES string of the molecule is CCCCCCCCCCCCCC(=O)N[C@H](O)C(=O)OCC. The Labute approximate surface area is 141 Å². The number of aliphatic hydroxyl groups is 1. The van der Waals surface area contributed by atoms with Crippen LogP contribution in [0.4, 0.5) is 0 Å². The Balaban J connectivity index is 3.37. The molecule has 0 heterocycles. The number of hydrogen-bond acceptors (Lipinski definition) is 4. The Hall–Kier alpha value is -1.10. The van der Waals surface area contributed by atoms with Gasteiger partial charge in [0.05, 0.1) is 6.61 Å². The van der Waals surface area contributed by atoms with Crippen LogP contribution in [-0.2, 0) is 14.3 Å². The van der Waals surface area contributed by atoms with E-state index in [1.54, 1.807) is 6.92 Å². The first-order valence-electron chi connectivity index (χ1n) is 9.25. The van der Waals surface area contributed by atoms with Crippen LogP contribution < -0.4 is 5.32 Å². The molecule has 0 unspecified atom stereocenters. The highest BCUT2D eigenvalue weighted by Gasteiger charge is 2.17. The zero-order valence-corrected chi connectivity index (χ0v) is 14.9. The first kappa shape index (κ1) is 21.9. The molecule has 5 nitrogen and oxygen atoms in total. The van der Waals surface area contributed by atoms with E-state index in [-0.39, 0.29) is 12.5 Å². The Morgan fingerprint density at radius 3 is 1.83 bits per heavy atom. The highest BCUT2D eigenvalue weighted by atomic mass is 16.5. The first-order valence-corrected chi connectivity index (χ1v) is 9.25. The third-order valence-corrected chi connectivity index (χ3v) is 3.81. The Kier molecular flexibility index (Phi) is 15.0. The fourth-order valence-corrected chi connectivity index (χ4v) is 2.45. The van der Waals surface area contributed by atoms with Gasteiger partial charge in [0.15, 0.2) is 0 Å². The summed E-state index contributed by atoms with van der Waals surface area (Å²) in [5.74, 6) is -1.11. The minimum absolute atomic E-state index is 0.185. The molecule has 0 aromatic carbocycles. The molecule has 0 saturated carbocycles. The lowest BCUT2D eigenvalue weighted by molar-refractivity contribution is -0.157. The van der Waals surface area contributed by atoms with E-state index in [0.29, 0.717) is 6.42 Å². The molecule has 0 fully saturated rings. The molecule has 1 amide bonds. The number of aliphatic hydroxyl groups excluding tert-OH is 1. The average Bonchev–Trinajstić information content (AvgIpc) is 2.52. The van der Waals surface area contributed by atoms with E-state index in [0.717, 1.165) is 19.3 Å². The van der Waals surface area contributed by atoms with Crippen molar-refractivity contribution in [3.05, 3.63) is 0 Å². The fourth-order valence-electron chi connectivity index (χ4n) is 2.45. The molecule has 0 bridgehead atoms. The Morgan fingerprint density at radius 2 is 1.35 bits per heavy atom. The molecule has 0 aliphatic rings. The zero-order valence-electron chi connectivity index (χ0n) is 14.9. The van der Waals surface area contributed by atoms with Crippen molar-refractivity contribution in [3.63, 3.8) is 0 Å². The number of ether oxygens (including phenoxy) is 1. The minimum Gasteiger partial charge on any atom is -0.463 e. The number of unbranched alkanes of at least 4 members (excludes halogenated alkanes) is 10. The van der Waals surface area contributed by atoms with Gasteiger partial charge < -0.3 is 15.2 Å². The lowest BCUT2D eigenvalue weighted by Crippen LogP contribution is -2.41. The molecule has 0 spiro atoms. The van der Waals surface area contributed by atoms with Crippen molar-refractivity contribution in [1.82, 2.24) is 5.32 Å². The molecular weight excluding hydrogens is 294 g/mol. The van der Waals surface area contributed by atoms with Crippen LogP contribution in [0.3, 0.4) is 0 Å². The quantitative estimate of drug-likeness (QED) is 0.273. The van der Waals surface area contributed by atoms with Gasteiger partial charge >= 0.3 is 5.97 Å². The number of carbonyl (C=O) groups is 2. The van der Waals surface area contributed by atoms with Gasteiger partial charge in [-0.25, -0.2) is 4.79 Å². The summed E-state index contributed by atoms with van der Waals surface area (Å²) in [4.78, 5) is 22.7. The van der Waals surface area contributed by atoms with Crippen LogP contribution in [0.5, 0.6) is 0 Å². The molecule has 1 atom stereocenters. The van der Waals surface area contributed by atoms with Crippen LogP contribution in [0, 0.1) is 0 Å². The van der Waals surface area contributed by atoms with Gasteiger partial charge in [0, 0.05) is 6.42 Å². The Morgan fingerprint density at radius 1 is 0.870 bits per heavy atom. The molecule has 2 N–H and O–H groups in total. The predicted octanol–water partition coefficient (Wildman–Crippen LogP) is 3.69. The number of amides is 1. The highest BCUT2D eigenvalue weighted by molar-refractivity contribution is 5.83. The van der Waals surface area contributed by atoms with E-state index >= 15 is 0 Å². The molecule has 136 valence electrons. The van der Waals surface area contributed by atoms with Crippen molar-refractivity contribution in [2.75, 3.05) is 6.61 Å². The predicted molar refractivity (Wildman–Crippen MR) is 91.9 cm³/mol. The van der Waals surface area contributed by atoms with E-state index < -0.39 is 12.2 Å². The standard InChI is InChI=1S/C18H35NO4/c1-3-5-6-7-8-9-10-11-12-13-14-15-16(20)19-17(21)18(22)23-4-2/h17,21H,3-15H2,1-2H3,(H,19,20)/t17-/m1/s1. The largest absolute Gasteiger partial charge is 0.463 e. The van der Waals surface area contributed by atoms with E-state index in [1.807, 2.05) is 0 Å². The van der Waals surface area contributed by atoms with E-state index in [9.17, 15) is 14.7 Å². The maximum Gasteiger partial charge on any atom is 0.356 e. The number of hydrogen-bond donors (Lipinski definition) is 2. The number of nitrogens with one attached hydrogen (secondary N) is 1. The zero-order chi connectivity index (χ0) is 17.3. The van der Waals surface area contributed by atoms with Crippen molar-refractivity contribution in [2.45, 2.75) is 97.1 Å². The third kappa shape index (κ3) is 14.2. The van der Waals surface area contributed by atoms with Gasteiger partial charge in [0.2, 0.25) is 12.1 Å². The van der Waals surface area contributed by atoms with Gasteiger partial charge in [-0.1, -0.05) is 71.1 Å². The van der Waals surface area contributed by atoms with Gasteiger partial charge in [0.1, 0.15) is 0 Å². The van der Waals surface area contributed by atoms with Gasteiger partial charge in [-0.2, -0.15) is 0 Å². The Bertz CT molecular complexity index is 307. The molecule has 0 radical (unpaired) electrons. The summed E-state index contributed by atoms with van der Waals surface area (Å²) in [7, 11) is 0. The lowest BCUT2D eigenvalue weighted by Gasteiger charge is -2.11. The molecule has 5 heteroatoms. The van der Waals surface area contributed by atoms with Crippen LogP contribution >= 0.6 is 0 Å². The summed E-state index contributed by atoms with van der Waals surface area (Å²) < 4.78 is 4.61. The summed E-state index contributed by atoms with van der Waals surface area (Å²) >= 11 is 0. The van der Waals surface area contributed by atoms with E-state index in [2.05, 4.69) is 17.0 Å². The molecule has 0 aromatic rings. The topological polar surface area (TPSA) is 75.6 Å². The molecule has 0 aliphatic heterocycles. The minimum atomic E-state index is -1.55. The average molecular weight is 329 g/mol. The molecule has 0 saturated heterocycles. The van der Waals surface area contributed by atoms with E-state index in [1.165, 1.54) is 51.4 Å². The van der Waals surface area contributed by atoms with Gasteiger partial charge in [0.25, 0.3) is 0 Å². The summed E-state index contributed by atoms with van der Waals surface area (Å²) in [6.45, 7) is 4.07. The number of rotatable bonds is 15. The summed E-state index contributed by atoms with van der Waals surface area (Å²) in [5.41, 5.74) is 0. The molecule has 0 rings (SSSR count). The summed E-state index contributed by atoms with van der Waals surface area (Å²) in [6, 6.07) is 0. The second-order valence-corrected chi connectivity index (χ2v) is 6.01. The van der Waals surface area contributed by atoms with Crippen LogP contribution in [0.2, 0.25) is 0 Å². The van der Waals surface area contributed by atoms with Crippen LogP contribution in [0.15, 0.2) is 0 Å². The first-order chi connectivity index (χ1) is 11.1. The van der Waals surface area contributed by atoms with E-state index in [4.69, 9.17) is 0 Å². The van der Waals surface area contributed by atoms with Gasteiger partial charge in [-0.3, -0.25) is 4.79 Å². The van der Waals surface area contributed by atoms with Crippen LogP contribution in [-0.4, -0.2) is 29.8 Å². The molecule has 23 heavy (non-hydrogen) atoms. The fraction of sp³-hybridized carbons (Fsp3) is 0.889. The maximum atomic E-state index is 11.5. The molecule has 0 aromatic heterocycles.